The molecule has 30 heavy (non-hydrogen) atoms. The van der Waals surface area contributed by atoms with E-state index in [4.69, 9.17) is 0 Å². The lowest BCUT2D eigenvalue weighted by molar-refractivity contribution is -0.137. The van der Waals surface area contributed by atoms with Crippen molar-refractivity contribution in [2.24, 2.45) is 0 Å². The molecular weight excluding hydrogens is 431 g/mol. The summed E-state index contributed by atoms with van der Waals surface area (Å²) in [5.74, 6) is -0.400. The number of hydrogen-bond acceptors (Lipinski definition) is 5. The highest BCUT2D eigenvalue weighted by atomic mass is 32.2. The predicted molar refractivity (Wildman–Crippen MR) is 114 cm³/mol. The zero-order chi connectivity index (χ0) is 21.1. The molecule has 4 aromatic rings. The van der Waals surface area contributed by atoms with Gasteiger partial charge in [0.25, 0.3) is 0 Å². The van der Waals surface area contributed by atoms with Crippen molar-refractivity contribution < 1.29 is 18.0 Å². The van der Waals surface area contributed by atoms with Gasteiger partial charge < -0.3 is 5.32 Å². The van der Waals surface area contributed by atoms with Gasteiger partial charge in [0.2, 0.25) is 5.91 Å². The van der Waals surface area contributed by atoms with Crippen LogP contribution in [0.15, 0.2) is 72.0 Å². The van der Waals surface area contributed by atoms with Gasteiger partial charge in [-0.15, -0.1) is 11.3 Å². The van der Waals surface area contributed by atoms with Gasteiger partial charge in [0, 0.05) is 16.0 Å². The summed E-state index contributed by atoms with van der Waals surface area (Å²) in [7, 11) is 0. The molecule has 2 aromatic heterocycles. The topological polar surface area (TPSA) is 54.9 Å². The summed E-state index contributed by atoms with van der Waals surface area (Å²) < 4.78 is 38.5. The van der Waals surface area contributed by atoms with Crippen LogP contribution in [0.4, 0.5) is 18.9 Å². The van der Waals surface area contributed by atoms with Crippen LogP contribution in [0.5, 0.6) is 0 Å². The molecular formula is C21H14F3N3OS2. The summed E-state index contributed by atoms with van der Waals surface area (Å²) in [6.07, 6.45) is -3.02. The van der Waals surface area contributed by atoms with Gasteiger partial charge in [0.1, 0.15) is 16.2 Å². The number of thioether (sulfide) groups is 1. The fourth-order valence-corrected chi connectivity index (χ4v) is 4.64. The first kappa shape index (κ1) is 20.4. The third kappa shape index (κ3) is 4.63. The molecule has 152 valence electrons. The number of nitrogens with one attached hydrogen (secondary N) is 1. The second-order valence-corrected chi connectivity index (χ2v) is 8.28. The molecule has 0 saturated carbocycles. The highest BCUT2D eigenvalue weighted by molar-refractivity contribution is 8.00. The molecule has 4 rings (SSSR count). The van der Waals surface area contributed by atoms with E-state index in [2.05, 4.69) is 15.3 Å². The lowest BCUT2D eigenvalue weighted by atomic mass is 10.2. The van der Waals surface area contributed by atoms with Crippen molar-refractivity contribution in [2.75, 3.05) is 11.1 Å². The number of thiophene rings is 1. The molecule has 0 aliphatic carbocycles. The molecule has 0 atom stereocenters. The molecule has 0 radical (unpaired) electrons. The Labute approximate surface area is 178 Å². The smallest absolute Gasteiger partial charge is 0.325 e. The molecule has 0 fully saturated rings. The molecule has 0 aliphatic rings. The average Bonchev–Trinajstić information content (AvgIpc) is 3.17. The Morgan fingerprint density at radius 2 is 1.83 bits per heavy atom. The van der Waals surface area contributed by atoms with Crippen molar-refractivity contribution in [3.8, 4) is 10.4 Å². The summed E-state index contributed by atoms with van der Waals surface area (Å²) in [6, 6.07) is 16.4. The number of aromatic nitrogens is 2. The number of halogens is 3. The van der Waals surface area contributed by atoms with Crippen LogP contribution in [0.2, 0.25) is 0 Å². The normalized spacial score (nSPS) is 11.6. The van der Waals surface area contributed by atoms with E-state index in [1.54, 1.807) is 0 Å². The van der Waals surface area contributed by atoms with Crippen LogP contribution in [0.25, 0.3) is 20.7 Å². The molecule has 4 nitrogen and oxygen atoms in total. The van der Waals surface area contributed by atoms with Crippen molar-refractivity contribution in [3.05, 3.63) is 72.6 Å². The van der Waals surface area contributed by atoms with Gasteiger partial charge in [-0.05, 0) is 29.8 Å². The Morgan fingerprint density at radius 3 is 2.60 bits per heavy atom. The van der Waals surface area contributed by atoms with Crippen LogP contribution in [-0.2, 0) is 11.0 Å². The van der Waals surface area contributed by atoms with E-state index in [0.29, 0.717) is 5.03 Å². The third-order valence-corrected chi connectivity index (χ3v) is 6.26. The Hall–Kier alpha value is -2.91. The van der Waals surface area contributed by atoms with Crippen LogP contribution in [0.1, 0.15) is 5.56 Å². The van der Waals surface area contributed by atoms with Gasteiger partial charge in [0.05, 0.1) is 11.3 Å². The van der Waals surface area contributed by atoms with Gasteiger partial charge in [-0.25, -0.2) is 9.97 Å². The van der Waals surface area contributed by atoms with E-state index >= 15 is 0 Å². The first-order valence-corrected chi connectivity index (χ1v) is 10.6. The largest absolute Gasteiger partial charge is 0.416 e. The fraction of sp³-hybridized carbons (Fsp3) is 0.0952. The lowest BCUT2D eigenvalue weighted by Gasteiger charge is -2.09. The van der Waals surface area contributed by atoms with Gasteiger partial charge in [0.15, 0.2) is 0 Å². The van der Waals surface area contributed by atoms with E-state index in [1.165, 1.54) is 41.6 Å². The second-order valence-electron chi connectivity index (χ2n) is 6.29. The third-order valence-electron chi connectivity index (χ3n) is 4.16. The van der Waals surface area contributed by atoms with E-state index in [9.17, 15) is 18.0 Å². The summed E-state index contributed by atoms with van der Waals surface area (Å²) in [4.78, 5) is 22.7. The quantitative estimate of drug-likeness (QED) is 0.298. The van der Waals surface area contributed by atoms with Gasteiger partial charge in [-0.3, -0.25) is 4.79 Å². The molecule has 2 heterocycles. The van der Waals surface area contributed by atoms with Crippen molar-refractivity contribution in [1.29, 1.82) is 0 Å². The van der Waals surface area contributed by atoms with E-state index in [-0.39, 0.29) is 11.4 Å². The summed E-state index contributed by atoms with van der Waals surface area (Å²) >= 11 is 2.75. The molecule has 2 aromatic carbocycles. The van der Waals surface area contributed by atoms with E-state index in [1.807, 2.05) is 36.4 Å². The van der Waals surface area contributed by atoms with Crippen LogP contribution >= 0.6 is 23.1 Å². The average molecular weight is 445 g/mol. The monoisotopic (exact) mass is 445 g/mol. The lowest BCUT2D eigenvalue weighted by Crippen LogP contribution is -2.15. The minimum absolute atomic E-state index is 0.0128. The number of fused-ring (bicyclic) bond motifs is 1. The zero-order valence-corrected chi connectivity index (χ0v) is 16.9. The van der Waals surface area contributed by atoms with E-state index < -0.39 is 17.6 Å². The number of nitrogens with zero attached hydrogens (tertiary/aromatic N) is 2. The van der Waals surface area contributed by atoms with Crippen molar-refractivity contribution in [3.63, 3.8) is 0 Å². The number of carbonyl (C=O) groups excluding carboxylic acids is 1. The molecule has 0 spiro atoms. The van der Waals surface area contributed by atoms with Gasteiger partial charge in [-0.1, -0.05) is 48.2 Å². The molecule has 0 bridgehead atoms. The first-order valence-electron chi connectivity index (χ1n) is 8.80. The first-order chi connectivity index (χ1) is 14.4. The van der Waals surface area contributed by atoms with Crippen molar-refractivity contribution in [1.82, 2.24) is 9.97 Å². The van der Waals surface area contributed by atoms with Crippen LogP contribution in [-0.4, -0.2) is 21.6 Å². The van der Waals surface area contributed by atoms with E-state index in [0.717, 1.165) is 32.8 Å². The number of benzene rings is 2. The van der Waals surface area contributed by atoms with Crippen molar-refractivity contribution >= 4 is 44.9 Å². The Bertz CT molecular complexity index is 1190. The predicted octanol–water partition coefficient (Wildman–Crippen LogP) is 6.11. The molecule has 9 heteroatoms. The number of rotatable bonds is 5. The molecule has 0 saturated heterocycles. The zero-order valence-electron chi connectivity index (χ0n) is 15.3. The molecule has 1 N–H and O–H groups in total. The van der Waals surface area contributed by atoms with Crippen LogP contribution in [0.3, 0.4) is 0 Å². The van der Waals surface area contributed by atoms with Crippen LogP contribution < -0.4 is 5.32 Å². The van der Waals surface area contributed by atoms with Crippen molar-refractivity contribution in [2.45, 2.75) is 11.2 Å². The fourth-order valence-electron chi connectivity index (χ4n) is 2.80. The minimum atomic E-state index is -4.46. The Kier molecular flexibility index (Phi) is 5.74. The number of hydrogen-bond donors (Lipinski definition) is 1. The standard InChI is InChI=1S/C21H14F3N3OS2/c22-21(23,24)14-7-4-8-15(9-14)27-18(28)11-29-19-16-10-17(13-5-2-1-3-6-13)30-20(16)26-12-25-19/h1-10,12H,11H2,(H,27,28). The number of carbonyl (C=O) groups is 1. The number of anilines is 1. The van der Waals surface area contributed by atoms with Gasteiger partial charge in [-0.2, -0.15) is 13.2 Å². The summed E-state index contributed by atoms with van der Waals surface area (Å²) in [5, 5.41) is 4.00. The maximum absolute atomic E-state index is 12.8. The van der Waals surface area contributed by atoms with Crippen LogP contribution in [0, 0.1) is 0 Å². The SMILES string of the molecule is O=C(CSc1ncnc2sc(-c3ccccc3)cc12)Nc1cccc(C(F)(F)F)c1. The maximum atomic E-state index is 12.8. The second kappa shape index (κ2) is 8.45. The summed E-state index contributed by atoms with van der Waals surface area (Å²) in [5.41, 5.74) is 0.362. The Balaban J connectivity index is 1.47. The number of alkyl halides is 3. The van der Waals surface area contributed by atoms with Gasteiger partial charge >= 0.3 is 6.18 Å². The number of amides is 1. The minimum Gasteiger partial charge on any atom is -0.325 e. The highest BCUT2D eigenvalue weighted by Crippen LogP contribution is 2.36. The molecule has 1 amide bonds. The maximum Gasteiger partial charge on any atom is 0.416 e. The molecule has 0 unspecified atom stereocenters. The Morgan fingerprint density at radius 1 is 1.03 bits per heavy atom. The highest BCUT2D eigenvalue weighted by Gasteiger charge is 2.30. The molecule has 0 aliphatic heterocycles. The summed E-state index contributed by atoms with van der Waals surface area (Å²) in [6.45, 7) is 0.